The summed E-state index contributed by atoms with van der Waals surface area (Å²) in [6.45, 7) is 12.6. The first kappa shape index (κ1) is 22.1. The minimum atomic E-state index is -0.563. The highest BCUT2D eigenvalue weighted by Gasteiger charge is 2.39. The van der Waals surface area contributed by atoms with Crippen LogP contribution in [0.3, 0.4) is 0 Å². The normalized spacial score (nSPS) is 19.9. The fraction of sp³-hybridized carbons (Fsp3) is 0.667. The van der Waals surface area contributed by atoms with E-state index in [1.54, 1.807) is 6.20 Å². The van der Waals surface area contributed by atoms with E-state index in [1.807, 2.05) is 53.7 Å². The van der Waals surface area contributed by atoms with Crippen LogP contribution in [0, 0.1) is 12.3 Å². The van der Waals surface area contributed by atoms with Crippen LogP contribution in [-0.2, 0) is 19.8 Å². The molecule has 1 unspecified atom stereocenters. The van der Waals surface area contributed by atoms with Gasteiger partial charge in [0.05, 0.1) is 12.1 Å². The summed E-state index contributed by atoms with van der Waals surface area (Å²) in [5, 5.41) is 5.89. The highest BCUT2D eigenvalue weighted by molar-refractivity contribution is 5.78. The van der Waals surface area contributed by atoms with Gasteiger partial charge in [-0.1, -0.05) is 6.07 Å². The summed E-state index contributed by atoms with van der Waals surface area (Å²) in [4.78, 5) is 29.1. The van der Waals surface area contributed by atoms with Gasteiger partial charge in [0.25, 0.3) is 0 Å². The van der Waals surface area contributed by atoms with Gasteiger partial charge in [-0.25, -0.2) is 4.79 Å². The molecule has 0 radical (unpaired) electrons. The number of rotatable bonds is 6. The Labute approximate surface area is 167 Å². The zero-order valence-corrected chi connectivity index (χ0v) is 17.8. The van der Waals surface area contributed by atoms with Gasteiger partial charge in [0.1, 0.15) is 5.60 Å². The molecule has 0 aromatic carbocycles. The van der Waals surface area contributed by atoms with Crippen LogP contribution in [0.4, 0.5) is 4.79 Å². The number of ether oxygens (including phenoxy) is 2. The van der Waals surface area contributed by atoms with Crippen LogP contribution in [-0.4, -0.2) is 42.3 Å². The van der Waals surface area contributed by atoms with Gasteiger partial charge < -0.3 is 20.1 Å². The smallest absolute Gasteiger partial charge is 0.407 e. The maximum Gasteiger partial charge on any atom is 0.407 e. The summed E-state index contributed by atoms with van der Waals surface area (Å²) < 4.78 is 10.8. The van der Waals surface area contributed by atoms with Crippen LogP contribution in [0.1, 0.15) is 58.7 Å². The van der Waals surface area contributed by atoms with Gasteiger partial charge >= 0.3 is 6.09 Å². The molecule has 1 saturated heterocycles. The van der Waals surface area contributed by atoms with Crippen LogP contribution in [0.5, 0.6) is 0 Å². The van der Waals surface area contributed by atoms with Crippen LogP contribution < -0.4 is 10.6 Å². The van der Waals surface area contributed by atoms with Gasteiger partial charge in [-0.15, -0.1) is 0 Å². The van der Waals surface area contributed by atoms with E-state index in [2.05, 4.69) is 15.6 Å². The molecule has 2 N–H and O–H groups in total. The Hall–Kier alpha value is -2.15. The van der Waals surface area contributed by atoms with E-state index in [0.29, 0.717) is 26.2 Å². The molecule has 2 heterocycles. The molecule has 1 atom stereocenters. The van der Waals surface area contributed by atoms with Crippen molar-refractivity contribution in [1.29, 1.82) is 0 Å². The van der Waals surface area contributed by atoms with Gasteiger partial charge in [-0.05, 0) is 59.6 Å². The number of carbonyl (C=O) groups excluding carboxylic acids is 2. The number of alkyl carbamates (subject to hydrolysis) is 1. The zero-order chi connectivity index (χ0) is 21.0. The molecule has 1 aliphatic heterocycles. The maximum atomic E-state index is 12.8. The SMILES string of the molecule is Cc1ccc(C(C)(C)NC(=O)CC2(CNC(=O)OC(C)(C)C)CCOC2)cn1. The van der Waals surface area contributed by atoms with Crippen molar-refractivity contribution in [2.75, 3.05) is 19.8 Å². The molecule has 156 valence electrons. The topological polar surface area (TPSA) is 89.6 Å². The Bertz CT molecular complexity index is 687. The van der Waals surface area contributed by atoms with Crippen molar-refractivity contribution < 1.29 is 19.1 Å². The second kappa shape index (κ2) is 8.47. The molecule has 2 rings (SSSR count). The minimum absolute atomic E-state index is 0.0814. The predicted molar refractivity (Wildman–Crippen MR) is 107 cm³/mol. The molecule has 7 heteroatoms. The van der Waals surface area contributed by atoms with Gasteiger partial charge in [0.15, 0.2) is 0 Å². The van der Waals surface area contributed by atoms with Crippen LogP contribution in [0.25, 0.3) is 0 Å². The fourth-order valence-corrected chi connectivity index (χ4v) is 3.21. The van der Waals surface area contributed by atoms with E-state index in [-0.39, 0.29) is 12.3 Å². The van der Waals surface area contributed by atoms with Crippen LogP contribution >= 0.6 is 0 Å². The highest BCUT2D eigenvalue weighted by Crippen LogP contribution is 2.32. The van der Waals surface area contributed by atoms with E-state index in [0.717, 1.165) is 11.3 Å². The lowest BCUT2D eigenvalue weighted by molar-refractivity contribution is -0.125. The molecule has 1 aromatic rings. The Morgan fingerprint density at radius 1 is 1.25 bits per heavy atom. The lowest BCUT2D eigenvalue weighted by atomic mass is 9.82. The first-order chi connectivity index (χ1) is 12.9. The van der Waals surface area contributed by atoms with E-state index in [1.165, 1.54) is 0 Å². The molecule has 0 saturated carbocycles. The molecule has 2 amide bonds. The number of aromatic nitrogens is 1. The summed E-state index contributed by atoms with van der Waals surface area (Å²) in [5.74, 6) is -0.0814. The van der Waals surface area contributed by atoms with Gasteiger partial charge in [0.2, 0.25) is 5.91 Å². The molecule has 0 aliphatic carbocycles. The Morgan fingerprint density at radius 3 is 2.50 bits per heavy atom. The van der Waals surface area contributed by atoms with Crippen molar-refractivity contribution in [2.24, 2.45) is 5.41 Å². The largest absolute Gasteiger partial charge is 0.444 e. The molecule has 28 heavy (non-hydrogen) atoms. The maximum absolute atomic E-state index is 12.8. The molecule has 7 nitrogen and oxygen atoms in total. The van der Waals surface area contributed by atoms with Gasteiger partial charge in [0, 0.05) is 36.9 Å². The van der Waals surface area contributed by atoms with Crippen molar-refractivity contribution in [3.63, 3.8) is 0 Å². The molecule has 1 fully saturated rings. The van der Waals surface area contributed by atoms with Crippen molar-refractivity contribution in [1.82, 2.24) is 15.6 Å². The minimum Gasteiger partial charge on any atom is -0.444 e. The van der Waals surface area contributed by atoms with Gasteiger partial charge in [-0.2, -0.15) is 0 Å². The zero-order valence-electron chi connectivity index (χ0n) is 17.8. The van der Waals surface area contributed by atoms with Crippen molar-refractivity contribution >= 4 is 12.0 Å². The number of amides is 2. The molecule has 0 bridgehead atoms. The molecular formula is C21H33N3O4. The Balaban J connectivity index is 1.98. The number of pyridine rings is 1. The highest BCUT2D eigenvalue weighted by atomic mass is 16.6. The molecule has 1 aromatic heterocycles. The third kappa shape index (κ3) is 6.48. The first-order valence-corrected chi connectivity index (χ1v) is 9.70. The van der Waals surface area contributed by atoms with E-state index < -0.39 is 22.6 Å². The Morgan fingerprint density at radius 2 is 1.96 bits per heavy atom. The number of hydrogen-bond acceptors (Lipinski definition) is 5. The fourth-order valence-electron chi connectivity index (χ4n) is 3.21. The Kier molecular flexibility index (Phi) is 6.70. The van der Waals surface area contributed by atoms with E-state index >= 15 is 0 Å². The van der Waals surface area contributed by atoms with Crippen molar-refractivity contribution in [3.05, 3.63) is 29.6 Å². The standard InChI is InChI=1S/C21H33N3O4/c1-15-7-8-16(12-22-15)20(5,6)24-17(25)11-21(9-10-27-14-21)13-23-18(26)28-19(2,3)4/h7-8,12H,9-11,13-14H2,1-6H3,(H,23,26)(H,24,25). The molecular weight excluding hydrogens is 358 g/mol. The summed E-state index contributed by atoms with van der Waals surface area (Å²) >= 11 is 0. The number of carbonyl (C=O) groups is 2. The summed E-state index contributed by atoms with van der Waals surface area (Å²) in [7, 11) is 0. The number of nitrogens with zero attached hydrogens (tertiary/aromatic N) is 1. The lowest BCUT2D eigenvalue weighted by Crippen LogP contribution is -2.46. The first-order valence-electron chi connectivity index (χ1n) is 9.70. The van der Waals surface area contributed by atoms with Crippen LogP contribution in [0.2, 0.25) is 0 Å². The number of hydrogen-bond donors (Lipinski definition) is 2. The quantitative estimate of drug-likeness (QED) is 0.778. The summed E-state index contributed by atoms with van der Waals surface area (Å²) in [5.41, 5.74) is 0.336. The second-order valence-corrected chi connectivity index (χ2v) is 9.20. The summed E-state index contributed by atoms with van der Waals surface area (Å²) in [6.07, 6.45) is 2.28. The predicted octanol–water partition coefficient (Wildman–Crippen LogP) is 3.06. The van der Waals surface area contributed by atoms with E-state index in [9.17, 15) is 9.59 Å². The van der Waals surface area contributed by atoms with Crippen molar-refractivity contribution in [2.45, 2.75) is 65.5 Å². The average molecular weight is 392 g/mol. The number of aryl methyl sites for hydroxylation is 1. The molecule has 0 spiro atoms. The van der Waals surface area contributed by atoms with Gasteiger partial charge in [-0.3, -0.25) is 9.78 Å². The average Bonchev–Trinajstić information content (AvgIpc) is 3.00. The third-order valence-corrected chi connectivity index (χ3v) is 4.81. The second-order valence-electron chi connectivity index (χ2n) is 9.20. The third-order valence-electron chi connectivity index (χ3n) is 4.81. The van der Waals surface area contributed by atoms with E-state index in [4.69, 9.17) is 9.47 Å². The lowest BCUT2D eigenvalue weighted by Gasteiger charge is -2.31. The monoisotopic (exact) mass is 391 g/mol. The van der Waals surface area contributed by atoms with Crippen LogP contribution in [0.15, 0.2) is 18.3 Å². The van der Waals surface area contributed by atoms with Crippen molar-refractivity contribution in [3.8, 4) is 0 Å². The molecule has 1 aliphatic rings. The number of nitrogens with one attached hydrogen (secondary N) is 2. The summed E-state index contributed by atoms with van der Waals surface area (Å²) in [6, 6.07) is 3.90.